The number of rotatable bonds is 5. The molecule has 5 heteroatoms. The van der Waals surface area contributed by atoms with E-state index in [-0.39, 0.29) is 10.6 Å². The minimum Gasteiger partial charge on any atom is -0.379 e. The molecule has 1 rings (SSSR count). The van der Waals surface area contributed by atoms with Crippen molar-refractivity contribution in [2.45, 2.75) is 13.3 Å². The Morgan fingerprint density at radius 3 is 2.87 bits per heavy atom. The molecule has 0 spiro atoms. The zero-order valence-electron chi connectivity index (χ0n) is 8.82. The van der Waals surface area contributed by atoms with Gasteiger partial charge in [-0.15, -0.1) is 0 Å². The van der Waals surface area contributed by atoms with Crippen molar-refractivity contribution in [2.24, 2.45) is 0 Å². The van der Waals surface area contributed by atoms with E-state index in [1.165, 1.54) is 0 Å². The second-order valence-corrected chi connectivity index (χ2v) is 3.36. The van der Waals surface area contributed by atoms with E-state index in [1.807, 2.05) is 6.07 Å². The quantitative estimate of drug-likeness (QED) is 0.431. The summed E-state index contributed by atoms with van der Waals surface area (Å²) < 4.78 is 0. The minimum absolute atomic E-state index is 0.168. The molecule has 82 valence electrons. The molecule has 0 aliphatic carbocycles. The van der Waals surface area contributed by atoms with Crippen LogP contribution in [0.3, 0.4) is 0 Å². The van der Waals surface area contributed by atoms with Crippen LogP contribution in [0.15, 0.2) is 18.2 Å². The molecule has 0 aliphatic rings. The molecule has 0 aliphatic heterocycles. The van der Waals surface area contributed by atoms with Crippen molar-refractivity contribution in [2.75, 3.05) is 18.4 Å². The van der Waals surface area contributed by atoms with Gasteiger partial charge in [0, 0.05) is 18.5 Å². The van der Waals surface area contributed by atoms with Gasteiger partial charge in [0.1, 0.15) is 5.69 Å². The first kappa shape index (κ1) is 11.5. The highest BCUT2D eigenvalue weighted by Crippen LogP contribution is 2.27. The lowest BCUT2D eigenvalue weighted by Crippen LogP contribution is -2.50. The number of benzene rings is 1. The van der Waals surface area contributed by atoms with Crippen LogP contribution in [0.4, 0.5) is 11.4 Å². The predicted molar refractivity (Wildman–Crippen MR) is 58.7 cm³/mol. The van der Waals surface area contributed by atoms with Crippen molar-refractivity contribution in [3.63, 3.8) is 0 Å². The van der Waals surface area contributed by atoms with Crippen molar-refractivity contribution in [1.29, 1.82) is 0 Å². The highest BCUT2D eigenvalue weighted by molar-refractivity contribution is 5.64. The molecule has 0 aromatic heterocycles. The van der Waals surface area contributed by atoms with E-state index in [0.29, 0.717) is 17.8 Å². The summed E-state index contributed by atoms with van der Waals surface area (Å²) in [6.07, 6.45) is 0.908. The molecule has 0 heterocycles. The highest BCUT2D eigenvalue weighted by Gasteiger charge is 2.15. The number of aryl methyl sites for hydroxylation is 1. The summed E-state index contributed by atoms with van der Waals surface area (Å²) in [5.74, 6) is 0. The maximum absolute atomic E-state index is 10.8. The molecule has 0 radical (unpaired) electrons. The Kier molecular flexibility index (Phi) is 4.05. The van der Waals surface area contributed by atoms with E-state index in [9.17, 15) is 10.1 Å². The van der Waals surface area contributed by atoms with E-state index < -0.39 is 0 Å². The first-order valence-corrected chi connectivity index (χ1v) is 4.94. The van der Waals surface area contributed by atoms with Crippen LogP contribution >= 0.6 is 0 Å². The lowest BCUT2D eigenvalue weighted by Gasteiger charge is -2.07. The number of para-hydroxylation sites is 1. The number of nitro benzene ring substituents is 1. The van der Waals surface area contributed by atoms with E-state index in [2.05, 4.69) is 11.1 Å². The average molecular weight is 210 g/mol. The Balaban J connectivity index is 2.86. The summed E-state index contributed by atoms with van der Waals surface area (Å²) in [5.41, 5.74) is 5.16. The van der Waals surface area contributed by atoms with Gasteiger partial charge in [-0.1, -0.05) is 12.1 Å². The van der Waals surface area contributed by atoms with Crippen LogP contribution in [0.2, 0.25) is 0 Å². The Labute approximate surface area is 88.4 Å². The van der Waals surface area contributed by atoms with E-state index in [1.54, 1.807) is 19.1 Å². The van der Waals surface area contributed by atoms with Crippen molar-refractivity contribution >= 4 is 11.4 Å². The molecule has 0 atom stereocenters. The molecule has 4 N–H and O–H groups in total. The Hall–Kier alpha value is -1.62. The maximum Gasteiger partial charge on any atom is 0.295 e. The zero-order chi connectivity index (χ0) is 11.3. The largest absolute Gasteiger partial charge is 0.379 e. The molecular formula is C10H16N3O2+. The van der Waals surface area contributed by atoms with Gasteiger partial charge in [-0.25, -0.2) is 0 Å². The fourth-order valence-corrected chi connectivity index (χ4v) is 1.39. The summed E-state index contributed by atoms with van der Waals surface area (Å²) in [7, 11) is 0. The van der Waals surface area contributed by atoms with Gasteiger partial charge in [-0.3, -0.25) is 10.1 Å². The third-order valence-electron chi connectivity index (χ3n) is 2.16. The van der Waals surface area contributed by atoms with Crippen LogP contribution in [-0.4, -0.2) is 18.0 Å². The summed E-state index contributed by atoms with van der Waals surface area (Å²) in [4.78, 5) is 10.5. The number of quaternary nitrogens is 1. The van der Waals surface area contributed by atoms with Crippen molar-refractivity contribution in [1.82, 2.24) is 0 Å². The minimum atomic E-state index is -0.345. The molecular weight excluding hydrogens is 194 g/mol. The molecule has 1 aromatic rings. The zero-order valence-corrected chi connectivity index (χ0v) is 8.82. The van der Waals surface area contributed by atoms with Crippen LogP contribution in [0.1, 0.15) is 12.0 Å². The number of nitro groups is 1. The molecule has 0 saturated heterocycles. The first-order chi connectivity index (χ1) is 7.16. The van der Waals surface area contributed by atoms with Gasteiger partial charge < -0.3 is 11.1 Å². The van der Waals surface area contributed by atoms with E-state index in [0.717, 1.165) is 13.0 Å². The smallest absolute Gasteiger partial charge is 0.295 e. The molecule has 0 amide bonds. The number of hydrogen-bond acceptors (Lipinski definition) is 3. The lowest BCUT2D eigenvalue weighted by atomic mass is 10.1. The topological polar surface area (TPSA) is 82.8 Å². The monoisotopic (exact) mass is 210 g/mol. The average Bonchev–Trinajstić information content (AvgIpc) is 2.17. The predicted octanol–water partition coefficient (Wildman–Crippen LogP) is 0.947. The van der Waals surface area contributed by atoms with Crippen LogP contribution in [-0.2, 0) is 0 Å². The van der Waals surface area contributed by atoms with Gasteiger partial charge >= 0.3 is 0 Å². The van der Waals surface area contributed by atoms with Gasteiger partial charge in [-0.2, -0.15) is 0 Å². The van der Waals surface area contributed by atoms with Gasteiger partial charge in [0.15, 0.2) is 0 Å². The highest BCUT2D eigenvalue weighted by atomic mass is 16.6. The van der Waals surface area contributed by atoms with Crippen LogP contribution < -0.4 is 11.1 Å². The Morgan fingerprint density at radius 1 is 1.53 bits per heavy atom. The normalized spacial score (nSPS) is 10.0. The fraction of sp³-hybridized carbons (Fsp3) is 0.400. The van der Waals surface area contributed by atoms with Gasteiger partial charge in [-0.05, 0) is 13.0 Å². The molecule has 1 aromatic carbocycles. The van der Waals surface area contributed by atoms with Crippen LogP contribution in [0.5, 0.6) is 0 Å². The van der Waals surface area contributed by atoms with Crippen LogP contribution in [0.25, 0.3) is 0 Å². The Morgan fingerprint density at radius 2 is 2.27 bits per heavy atom. The number of hydrogen-bond donors (Lipinski definition) is 2. The lowest BCUT2D eigenvalue weighted by molar-refractivity contribution is -0.384. The SMILES string of the molecule is Cc1cccc(NCCC[NH3+])c1[N+](=O)[O-]. The standard InChI is InChI=1S/C10H15N3O2/c1-8-4-2-5-9(10(8)13(14)15)12-7-3-6-11/h2,4-5,12H,3,6-7,11H2,1H3/p+1. The number of anilines is 1. The number of nitrogens with one attached hydrogen (secondary N) is 1. The Bertz CT molecular complexity index is 353. The summed E-state index contributed by atoms with van der Waals surface area (Å²) in [6.45, 7) is 3.28. The van der Waals surface area contributed by atoms with Crippen LogP contribution in [0, 0.1) is 17.0 Å². The molecule has 0 saturated carbocycles. The molecule has 0 fully saturated rings. The number of nitrogens with zero attached hydrogens (tertiary/aromatic N) is 1. The molecule has 15 heavy (non-hydrogen) atoms. The third kappa shape index (κ3) is 2.92. The summed E-state index contributed by atoms with van der Waals surface area (Å²) in [5, 5.41) is 13.9. The van der Waals surface area contributed by atoms with E-state index >= 15 is 0 Å². The second kappa shape index (κ2) is 5.31. The second-order valence-electron chi connectivity index (χ2n) is 3.36. The molecule has 5 nitrogen and oxygen atoms in total. The van der Waals surface area contributed by atoms with E-state index in [4.69, 9.17) is 0 Å². The summed E-state index contributed by atoms with van der Waals surface area (Å²) >= 11 is 0. The molecule has 0 unspecified atom stereocenters. The van der Waals surface area contributed by atoms with Crippen molar-refractivity contribution in [3.8, 4) is 0 Å². The molecule has 0 bridgehead atoms. The first-order valence-electron chi connectivity index (χ1n) is 4.94. The van der Waals surface area contributed by atoms with Crippen molar-refractivity contribution in [3.05, 3.63) is 33.9 Å². The third-order valence-corrected chi connectivity index (χ3v) is 2.16. The fourth-order valence-electron chi connectivity index (χ4n) is 1.39. The van der Waals surface area contributed by atoms with Crippen molar-refractivity contribution < 1.29 is 10.7 Å². The van der Waals surface area contributed by atoms with Gasteiger partial charge in [0.25, 0.3) is 5.69 Å². The summed E-state index contributed by atoms with van der Waals surface area (Å²) in [6, 6.07) is 5.29. The van der Waals surface area contributed by atoms with Gasteiger partial charge in [0.2, 0.25) is 0 Å². The van der Waals surface area contributed by atoms with Gasteiger partial charge in [0.05, 0.1) is 11.5 Å². The maximum atomic E-state index is 10.8.